The first-order valence-electron chi connectivity index (χ1n) is 37.1. The number of likely N-dealkylation sites (tertiary alicyclic amines) is 1. The van der Waals surface area contributed by atoms with Gasteiger partial charge in [-0.2, -0.15) is 13.2 Å². The molecule has 7 aliphatic rings. The van der Waals surface area contributed by atoms with Crippen LogP contribution in [0, 0.1) is 17.8 Å². The molecule has 12 amide bonds. The van der Waals surface area contributed by atoms with Gasteiger partial charge >= 0.3 is 6.18 Å². The van der Waals surface area contributed by atoms with Gasteiger partial charge in [0.15, 0.2) is 0 Å². The minimum atomic E-state index is -4.76. The van der Waals surface area contributed by atoms with Crippen molar-refractivity contribution in [1.82, 2.24) is 60.0 Å². The third kappa shape index (κ3) is 20.7. The van der Waals surface area contributed by atoms with Crippen LogP contribution in [0.2, 0.25) is 5.02 Å². The molecule has 1 aromatic rings. The number of halogens is 4. The lowest BCUT2D eigenvalue weighted by molar-refractivity contribution is -0.157. The highest BCUT2D eigenvalue weighted by Gasteiger charge is 2.52. The number of aryl methyl sites for hydroxylation is 1. The summed E-state index contributed by atoms with van der Waals surface area (Å²) in [5.74, 6) is -8.44. The van der Waals surface area contributed by atoms with E-state index in [2.05, 4.69) is 16.0 Å². The molecule has 3 N–H and O–H groups in total. The SMILES string of the molecule is CC(C)C[C@H]1C(=O)N[C@@H](COC2CC2)C(=O)N(C)CC(=O)N(C)CC(=O)N(C)[C@@H](CC2CCCCC2)C(=O)N(C)CC(=O)N[C@@H](CCc2ccc(C(F)(F)F)c(Cl)c2)C(=O)N2CCCC2C(=O)NC2(CCCC2)C(=O)N(C)[C@@H](C2CCCCC2)C(=O)N(C)[C@H](C(=O)N2CCCCC2)CC(=O)N1C. The monoisotopic (exact) mass is 1450 g/mol. The Morgan fingerprint density at radius 3 is 1.83 bits per heavy atom. The van der Waals surface area contributed by atoms with E-state index in [-0.39, 0.29) is 76.0 Å². The van der Waals surface area contributed by atoms with Crippen LogP contribution < -0.4 is 16.0 Å². The zero-order valence-corrected chi connectivity index (χ0v) is 62.0. The maximum atomic E-state index is 15.8. The Bertz CT molecular complexity index is 3190. The lowest BCUT2D eigenvalue weighted by Crippen LogP contribution is -2.65. The first kappa shape index (κ1) is 80.6. The normalized spacial score (nSPS) is 27.1. The van der Waals surface area contributed by atoms with Gasteiger partial charge in [-0.05, 0) is 132 Å². The van der Waals surface area contributed by atoms with Gasteiger partial charge in [0.25, 0.3) is 0 Å². The average molecular weight is 1460 g/mol. The van der Waals surface area contributed by atoms with Gasteiger partial charge in [-0.3, -0.25) is 57.5 Å². The van der Waals surface area contributed by atoms with Crippen molar-refractivity contribution in [2.75, 3.05) is 95.2 Å². The van der Waals surface area contributed by atoms with Crippen molar-refractivity contribution in [3.63, 3.8) is 0 Å². The van der Waals surface area contributed by atoms with E-state index in [1.54, 1.807) is 4.90 Å². The number of benzene rings is 1. The van der Waals surface area contributed by atoms with E-state index in [0.29, 0.717) is 63.6 Å². The van der Waals surface area contributed by atoms with Crippen LogP contribution >= 0.6 is 11.6 Å². The summed E-state index contributed by atoms with van der Waals surface area (Å²) in [6, 6.07) is -5.75. The first-order chi connectivity index (χ1) is 48.3. The summed E-state index contributed by atoms with van der Waals surface area (Å²) in [6.45, 7) is 2.49. The highest BCUT2D eigenvalue weighted by atomic mass is 35.5. The molecule has 3 aliphatic heterocycles. The lowest BCUT2D eigenvalue weighted by Gasteiger charge is -2.43. The van der Waals surface area contributed by atoms with E-state index in [9.17, 15) is 41.9 Å². The zero-order valence-electron chi connectivity index (χ0n) is 61.3. The molecule has 3 heterocycles. The van der Waals surface area contributed by atoms with Crippen LogP contribution in [0.5, 0.6) is 0 Å². The van der Waals surface area contributed by atoms with E-state index in [1.165, 1.54) is 79.9 Å². The molecule has 8 rings (SSSR count). The van der Waals surface area contributed by atoms with Crippen LogP contribution in [0.15, 0.2) is 18.2 Å². The van der Waals surface area contributed by atoms with Gasteiger partial charge < -0.3 is 64.8 Å². The summed E-state index contributed by atoms with van der Waals surface area (Å²) in [6.07, 6.45) is 7.86. The molecule has 7 atom stereocenters. The van der Waals surface area contributed by atoms with Crippen LogP contribution in [0.3, 0.4) is 0 Å². The number of amides is 12. The third-order valence-electron chi connectivity index (χ3n) is 22.2. The maximum absolute atomic E-state index is 15.8. The van der Waals surface area contributed by atoms with Gasteiger partial charge in [0, 0.05) is 69.0 Å². The lowest BCUT2D eigenvalue weighted by atomic mass is 9.81. The average Bonchev–Trinajstić information content (AvgIpc) is 1.47. The summed E-state index contributed by atoms with van der Waals surface area (Å²) in [5.41, 5.74) is -2.34. The molecule has 25 nitrogen and oxygen atoms in total. The second-order valence-corrected chi connectivity index (χ2v) is 30.8. The number of carbonyl (C=O) groups is 12. The Balaban J connectivity index is 1.17. The van der Waals surface area contributed by atoms with Crippen molar-refractivity contribution >= 4 is 82.5 Å². The second-order valence-electron chi connectivity index (χ2n) is 30.4. The molecule has 29 heteroatoms. The van der Waals surface area contributed by atoms with E-state index in [1.807, 2.05) is 13.8 Å². The number of piperidine rings is 1. The molecule has 0 aromatic heterocycles. The predicted molar refractivity (Wildman–Crippen MR) is 373 cm³/mol. The smallest absolute Gasteiger partial charge is 0.376 e. The number of ether oxygens (including phenoxy) is 1. The van der Waals surface area contributed by atoms with Gasteiger partial charge in [0.1, 0.15) is 47.8 Å². The first-order valence-corrected chi connectivity index (χ1v) is 37.5. The zero-order chi connectivity index (χ0) is 74.5. The Morgan fingerprint density at radius 2 is 1.22 bits per heavy atom. The van der Waals surface area contributed by atoms with Gasteiger partial charge in [-0.15, -0.1) is 0 Å². The number of likely N-dealkylation sites (N-methyl/N-ethyl adjacent to an activating group) is 7. The van der Waals surface area contributed by atoms with E-state index in [0.717, 1.165) is 97.5 Å². The summed E-state index contributed by atoms with van der Waals surface area (Å²) < 4.78 is 47.7. The number of fused-ring (bicyclic) bond motifs is 1. The molecule has 1 aromatic carbocycles. The number of rotatable bonds is 12. The van der Waals surface area contributed by atoms with Crippen LogP contribution in [0.25, 0.3) is 0 Å². The van der Waals surface area contributed by atoms with Gasteiger partial charge in [-0.1, -0.05) is 95.7 Å². The fourth-order valence-electron chi connectivity index (χ4n) is 15.9. The fourth-order valence-corrected chi connectivity index (χ4v) is 16.2. The van der Waals surface area contributed by atoms with Crippen molar-refractivity contribution < 1.29 is 75.4 Å². The number of hydrogen-bond donors (Lipinski definition) is 3. The fraction of sp³-hybridized carbons (Fsp3) is 0.753. The van der Waals surface area contributed by atoms with Crippen molar-refractivity contribution in [2.24, 2.45) is 17.8 Å². The Labute approximate surface area is 603 Å². The van der Waals surface area contributed by atoms with Gasteiger partial charge in [0.05, 0.1) is 49.4 Å². The molecule has 4 saturated carbocycles. The molecule has 568 valence electrons. The quantitative estimate of drug-likeness (QED) is 0.232. The number of nitrogens with zero attached hydrogens (tertiary/aromatic N) is 9. The molecule has 3 saturated heterocycles. The van der Waals surface area contributed by atoms with Crippen molar-refractivity contribution in [3.05, 3.63) is 34.3 Å². The summed E-state index contributed by atoms with van der Waals surface area (Å²) in [7, 11) is 9.95. The molecule has 0 bridgehead atoms. The number of hydrogen-bond acceptors (Lipinski definition) is 13. The van der Waals surface area contributed by atoms with Gasteiger partial charge in [-0.25, -0.2) is 0 Å². The Hall–Kier alpha value is -7.10. The highest BCUT2D eigenvalue weighted by molar-refractivity contribution is 6.31. The van der Waals surface area contributed by atoms with Crippen molar-refractivity contribution in [3.8, 4) is 0 Å². The molecular weight excluding hydrogens is 1350 g/mol. The largest absolute Gasteiger partial charge is 0.417 e. The molecular formula is C73H110ClF3N12O13. The van der Waals surface area contributed by atoms with Crippen LogP contribution in [0.1, 0.15) is 185 Å². The topological polar surface area (TPSA) is 279 Å². The molecule has 7 fully saturated rings. The summed E-state index contributed by atoms with van der Waals surface area (Å²) in [4.78, 5) is 191. The molecule has 0 radical (unpaired) electrons. The molecule has 4 aliphatic carbocycles. The minimum Gasteiger partial charge on any atom is -0.376 e. The maximum Gasteiger partial charge on any atom is 0.417 e. The van der Waals surface area contributed by atoms with Gasteiger partial charge in [0.2, 0.25) is 70.9 Å². The molecule has 1 unspecified atom stereocenters. The second kappa shape index (κ2) is 36.1. The molecule has 1 spiro atoms. The van der Waals surface area contributed by atoms with Crippen molar-refractivity contribution in [2.45, 2.75) is 241 Å². The number of carbonyl (C=O) groups excluding carboxylic acids is 12. The third-order valence-corrected chi connectivity index (χ3v) is 22.5. The van der Waals surface area contributed by atoms with E-state index in [4.69, 9.17) is 16.3 Å². The van der Waals surface area contributed by atoms with E-state index >= 15 is 28.8 Å². The van der Waals surface area contributed by atoms with E-state index < -0.39 is 167 Å². The summed E-state index contributed by atoms with van der Waals surface area (Å²) >= 11 is 6.17. The number of alkyl halides is 3. The molecule has 102 heavy (non-hydrogen) atoms. The predicted octanol–water partition coefficient (Wildman–Crippen LogP) is 5.56. The highest BCUT2D eigenvalue weighted by Crippen LogP contribution is 2.39. The Morgan fingerprint density at radius 1 is 0.608 bits per heavy atom. The number of nitrogens with one attached hydrogen (secondary N) is 3. The van der Waals surface area contributed by atoms with Crippen molar-refractivity contribution in [1.29, 1.82) is 0 Å². The van der Waals surface area contributed by atoms with Crippen LogP contribution in [0.4, 0.5) is 13.2 Å². The van der Waals surface area contributed by atoms with Crippen LogP contribution in [-0.4, -0.2) is 264 Å². The summed E-state index contributed by atoms with van der Waals surface area (Å²) in [5, 5.41) is 8.10. The minimum absolute atomic E-state index is 0.0137. The standard InChI is InChI=1S/C73H110ClF3N12O13/c1-46(2)38-56-64(94)79-54(45-102-50-29-30-50)66(96)83(5)43-61(92)81(3)44-62(93)85(7)57(40-47-22-13-10-14-23-47)68(98)82(4)42-59(90)78-53(32-28-48-27-31-51(52(74)39-48)73(75,76)77)67(97)89-37-21-26-55(89)65(95)80-72(33-17-18-34-72)71(101)87(9)63(49-24-15-11-16-25-49)70(100)86(8)58(41-60(91)84(56)6)69(99)88-35-19-12-20-36-88/h27,31,39,46-47,49-50,53-58,63H,10-26,28-30,32-38,40-45H2,1-9H3,(H,78,90)(H,79,94)(H,80,95)/t53-,54-,55?,56-,57-,58-,63-/m0/s1. The Kier molecular flexibility index (Phi) is 28.5. The van der Waals surface area contributed by atoms with Crippen LogP contribution in [-0.2, 0) is 74.9 Å².